The maximum Gasteiger partial charge on any atom is 0.306 e. The topological polar surface area (TPSA) is 66.8 Å². The van der Waals surface area contributed by atoms with Crippen LogP contribution in [-0.4, -0.2) is 41.6 Å². The third-order valence-corrected chi connectivity index (χ3v) is 5.52. The number of carbonyl (C=O) groups excluding carboxylic acids is 1. The number of rotatable bonds is 3. The summed E-state index contributed by atoms with van der Waals surface area (Å²) in [5, 5.41) is 9.21. The molecule has 1 saturated heterocycles. The Hall–Kier alpha value is -1.40. The van der Waals surface area contributed by atoms with Crippen LogP contribution < -0.4 is 0 Å². The van der Waals surface area contributed by atoms with E-state index in [0.717, 1.165) is 22.9 Å². The number of carbonyl (C=O) groups is 2. The van der Waals surface area contributed by atoms with Crippen molar-refractivity contribution in [3.05, 3.63) is 34.3 Å². The molecule has 2 fully saturated rings. The number of benzene rings is 1. The van der Waals surface area contributed by atoms with Crippen molar-refractivity contribution in [1.82, 2.24) is 4.90 Å². The van der Waals surface area contributed by atoms with E-state index in [1.807, 2.05) is 29.2 Å². The number of hydrogen-bond acceptors (Lipinski definition) is 3. The molecule has 1 heterocycles. The number of halogens is 1. The summed E-state index contributed by atoms with van der Waals surface area (Å²) in [6.45, 7) is 1.64. The molecule has 6 heteroatoms. The summed E-state index contributed by atoms with van der Waals surface area (Å²) < 4.78 is 6.84. The Balaban J connectivity index is 1.64. The molecule has 0 spiro atoms. The number of aliphatic carboxylic acids is 1. The molecule has 24 heavy (non-hydrogen) atoms. The van der Waals surface area contributed by atoms with Gasteiger partial charge in [-0.25, -0.2) is 0 Å². The maximum atomic E-state index is 12.8. The fraction of sp³-hybridized carbons (Fsp3) is 0.556. The minimum absolute atomic E-state index is 0.0892. The minimum Gasteiger partial charge on any atom is -0.481 e. The van der Waals surface area contributed by atoms with E-state index in [4.69, 9.17) is 4.74 Å². The van der Waals surface area contributed by atoms with E-state index in [2.05, 4.69) is 15.9 Å². The van der Waals surface area contributed by atoms with Gasteiger partial charge in [0, 0.05) is 16.9 Å². The van der Waals surface area contributed by atoms with Crippen molar-refractivity contribution < 1.29 is 19.4 Å². The molecule has 3 unspecified atom stereocenters. The average Bonchev–Trinajstić information content (AvgIpc) is 2.62. The average molecular weight is 396 g/mol. The molecule has 1 aromatic carbocycles. The van der Waals surface area contributed by atoms with E-state index in [1.54, 1.807) is 0 Å². The highest BCUT2D eigenvalue weighted by atomic mass is 79.9. The first-order valence-corrected chi connectivity index (χ1v) is 9.22. The first-order chi connectivity index (χ1) is 11.5. The van der Waals surface area contributed by atoms with Crippen molar-refractivity contribution in [2.45, 2.75) is 31.8 Å². The summed E-state index contributed by atoms with van der Waals surface area (Å²) in [5.74, 6) is -1.23. The molecule has 0 aromatic heterocycles. The van der Waals surface area contributed by atoms with Crippen LogP contribution in [0.5, 0.6) is 0 Å². The van der Waals surface area contributed by atoms with Crippen LogP contribution in [0.2, 0.25) is 0 Å². The second kappa shape index (κ2) is 7.66. The molecule has 2 aliphatic rings. The van der Waals surface area contributed by atoms with Crippen LogP contribution in [0, 0.1) is 11.8 Å². The van der Waals surface area contributed by atoms with Gasteiger partial charge in [-0.3, -0.25) is 9.59 Å². The van der Waals surface area contributed by atoms with Crippen molar-refractivity contribution in [2.24, 2.45) is 11.8 Å². The summed E-state index contributed by atoms with van der Waals surface area (Å²) in [7, 11) is 0. The lowest BCUT2D eigenvalue weighted by atomic mass is 9.80. The lowest BCUT2D eigenvalue weighted by molar-refractivity contribution is -0.148. The number of ether oxygens (including phenoxy) is 1. The second-order valence-electron chi connectivity index (χ2n) is 6.59. The largest absolute Gasteiger partial charge is 0.481 e. The van der Waals surface area contributed by atoms with E-state index >= 15 is 0 Å². The molecule has 1 N–H and O–H groups in total. The first kappa shape index (κ1) is 17.4. The van der Waals surface area contributed by atoms with Gasteiger partial charge in [-0.15, -0.1) is 0 Å². The van der Waals surface area contributed by atoms with Crippen LogP contribution in [0.25, 0.3) is 0 Å². The van der Waals surface area contributed by atoms with Crippen molar-refractivity contribution in [3.63, 3.8) is 0 Å². The van der Waals surface area contributed by atoms with Crippen LogP contribution in [0.3, 0.4) is 0 Å². The summed E-state index contributed by atoms with van der Waals surface area (Å²) in [5.41, 5.74) is 1.06. The van der Waals surface area contributed by atoms with Crippen molar-refractivity contribution in [2.75, 3.05) is 19.7 Å². The third kappa shape index (κ3) is 3.98. The van der Waals surface area contributed by atoms with Crippen molar-refractivity contribution in [3.8, 4) is 0 Å². The standard InChI is InChI=1S/C18H22BrNO4/c19-15-6-4-12(5-7-15)16-11-20(8-9-24-16)17(21)13-2-1-3-14(10-13)18(22)23/h4-7,13-14,16H,1-3,8-11H2,(H,22,23). The van der Waals surface area contributed by atoms with Gasteiger partial charge in [-0.1, -0.05) is 34.5 Å². The van der Waals surface area contributed by atoms with Gasteiger partial charge < -0.3 is 14.7 Å². The Morgan fingerprint density at radius 1 is 1.17 bits per heavy atom. The van der Waals surface area contributed by atoms with Crippen LogP contribution >= 0.6 is 15.9 Å². The first-order valence-electron chi connectivity index (χ1n) is 8.43. The Labute approximate surface area is 150 Å². The number of nitrogens with zero attached hydrogens (tertiary/aromatic N) is 1. The molecule has 1 aromatic rings. The zero-order valence-electron chi connectivity index (χ0n) is 13.5. The lowest BCUT2D eigenvalue weighted by Gasteiger charge is -2.37. The molecule has 3 atom stereocenters. The highest BCUT2D eigenvalue weighted by molar-refractivity contribution is 9.10. The molecule has 1 aliphatic heterocycles. The summed E-state index contributed by atoms with van der Waals surface area (Å²) >= 11 is 3.42. The van der Waals surface area contributed by atoms with Gasteiger partial charge in [-0.2, -0.15) is 0 Å². The van der Waals surface area contributed by atoms with Gasteiger partial charge >= 0.3 is 5.97 Å². The smallest absolute Gasteiger partial charge is 0.306 e. The third-order valence-electron chi connectivity index (χ3n) is 4.99. The van der Waals surface area contributed by atoms with Gasteiger partial charge in [0.05, 0.1) is 19.1 Å². The number of amides is 1. The summed E-state index contributed by atoms with van der Waals surface area (Å²) in [6.07, 6.45) is 2.64. The van der Waals surface area contributed by atoms with Crippen molar-refractivity contribution >= 4 is 27.8 Å². The van der Waals surface area contributed by atoms with Gasteiger partial charge in [-0.05, 0) is 37.0 Å². The normalized spacial score (nSPS) is 27.7. The Bertz CT molecular complexity index is 604. The Morgan fingerprint density at radius 3 is 2.58 bits per heavy atom. The molecule has 3 rings (SSSR count). The Kier molecular flexibility index (Phi) is 5.56. The van der Waals surface area contributed by atoms with E-state index in [9.17, 15) is 14.7 Å². The maximum absolute atomic E-state index is 12.8. The quantitative estimate of drug-likeness (QED) is 0.852. The van der Waals surface area contributed by atoms with Gasteiger partial charge in [0.25, 0.3) is 0 Å². The van der Waals surface area contributed by atoms with E-state index in [1.165, 1.54) is 0 Å². The number of carboxylic acids is 1. The molecular formula is C18H22BrNO4. The molecule has 0 radical (unpaired) electrons. The molecule has 1 saturated carbocycles. The molecule has 1 aliphatic carbocycles. The summed E-state index contributed by atoms with van der Waals surface area (Å²) in [4.78, 5) is 25.9. The summed E-state index contributed by atoms with van der Waals surface area (Å²) in [6, 6.07) is 7.95. The molecule has 1 amide bonds. The van der Waals surface area contributed by atoms with Gasteiger partial charge in [0.15, 0.2) is 0 Å². The van der Waals surface area contributed by atoms with Crippen LogP contribution in [-0.2, 0) is 14.3 Å². The number of morpholine rings is 1. The number of carboxylic acid groups (broad SMARTS) is 1. The monoisotopic (exact) mass is 395 g/mol. The van der Waals surface area contributed by atoms with E-state index in [-0.39, 0.29) is 23.8 Å². The van der Waals surface area contributed by atoms with Gasteiger partial charge in [0.1, 0.15) is 6.10 Å². The SMILES string of the molecule is O=C(O)C1CCCC(C(=O)N2CCOC(c3ccc(Br)cc3)C2)C1. The lowest BCUT2D eigenvalue weighted by Crippen LogP contribution is -2.46. The molecular weight excluding hydrogens is 374 g/mol. The molecule has 5 nitrogen and oxygen atoms in total. The van der Waals surface area contributed by atoms with E-state index in [0.29, 0.717) is 32.5 Å². The van der Waals surface area contributed by atoms with E-state index < -0.39 is 5.97 Å². The molecule has 0 bridgehead atoms. The van der Waals surface area contributed by atoms with Gasteiger partial charge in [0.2, 0.25) is 5.91 Å². The van der Waals surface area contributed by atoms with Crippen LogP contribution in [0.15, 0.2) is 28.7 Å². The van der Waals surface area contributed by atoms with Crippen LogP contribution in [0.4, 0.5) is 0 Å². The zero-order valence-corrected chi connectivity index (χ0v) is 15.1. The minimum atomic E-state index is -0.776. The molecule has 130 valence electrons. The highest BCUT2D eigenvalue weighted by Gasteiger charge is 2.35. The zero-order chi connectivity index (χ0) is 17.1. The highest BCUT2D eigenvalue weighted by Crippen LogP contribution is 2.32. The second-order valence-corrected chi connectivity index (χ2v) is 7.51. The van der Waals surface area contributed by atoms with Crippen molar-refractivity contribution in [1.29, 1.82) is 0 Å². The Morgan fingerprint density at radius 2 is 1.88 bits per heavy atom. The van der Waals surface area contributed by atoms with Crippen LogP contribution in [0.1, 0.15) is 37.4 Å². The fourth-order valence-electron chi connectivity index (χ4n) is 3.63. The predicted molar refractivity (Wildman–Crippen MR) is 92.5 cm³/mol. The number of hydrogen-bond donors (Lipinski definition) is 1. The predicted octanol–water partition coefficient (Wildman–Crippen LogP) is 3.24. The fourth-order valence-corrected chi connectivity index (χ4v) is 3.89.